The van der Waals surface area contributed by atoms with Gasteiger partial charge in [0.05, 0.1) is 0 Å². The van der Waals surface area contributed by atoms with Crippen molar-refractivity contribution in [1.29, 1.82) is 0 Å². The maximum absolute atomic E-state index is 5.80. The van der Waals surface area contributed by atoms with Gasteiger partial charge < -0.3 is 10.6 Å². The summed E-state index contributed by atoms with van der Waals surface area (Å²) in [6.07, 6.45) is 6.12. The van der Waals surface area contributed by atoms with Gasteiger partial charge in [0.15, 0.2) is 0 Å². The number of aryl methyl sites for hydroxylation is 1. The summed E-state index contributed by atoms with van der Waals surface area (Å²) in [5.74, 6) is 1.77. The average molecular weight is 234 g/mol. The highest BCUT2D eigenvalue weighted by Gasteiger charge is 2.27. The Kier molecular flexibility index (Phi) is 3.94. The van der Waals surface area contributed by atoms with Gasteiger partial charge >= 0.3 is 0 Å². The van der Waals surface area contributed by atoms with Crippen molar-refractivity contribution in [2.75, 3.05) is 18.5 Å². The molecule has 0 amide bonds. The summed E-state index contributed by atoms with van der Waals surface area (Å²) in [5, 5.41) is 0. The zero-order valence-corrected chi connectivity index (χ0v) is 10.8. The molecule has 0 saturated heterocycles. The Bertz CT molecular complexity index is 360. The molecule has 1 aromatic heterocycles. The number of aromatic nitrogens is 2. The summed E-state index contributed by atoms with van der Waals surface area (Å²) in [6, 6.07) is 2.52. The van der Waals surface area contributed by atoms with Crippen LogP contribution in [0.5, 0.6) is 0 Å². The van der Waals surface area contributed by atoms with E-state index < -0.39 is 0 Å². The van der Waals surface area contributed by atoms with Crippen LogP contribution in [0, 0.1) is 5.92 Å². The third-order valence-electron chi connectivity index (χ3n) is 3.41. The lowest BCUT2D eigenvalue weighted by atomic mass is 9.80. The summed E-state index contributed by atoms with van der Waals surface area (Å²) < 4.78 is 0. The standard InChI is InChI=1S/C13H22N4/c1-3-4-12-7-13(16-9-15-12)17(2)8-10-5-11(14)6-10/h7,9-11H,3-6,8,14H2,1-2H3. The molecule has 1 aliphatic carbocycles. The fraction of sp³-hybridized carbons (Fsp3) is 0.692. The molecule has 94 valence electrons. The number of hydrogen-bond acceptors (Lipinski definition) is 4. The van der Waals surface area contributed by atoms with E-state index in [4.69, 9.17) is 5.73 Å². The smallest absolute Gasteiger partial charge is 0.131 e. The van der Waals surface area contributed by atoms with E-state index in [9.17, 15) is 0 Å². The molecule has 1 saturated carbocycles. The second kappa shape index (κ2) is 5.45. The van der Waals surface area contributed by atoms with Crippen LogP contribution in [0.15, 0.2) is 12.4 Å². The van der Waals surface area contributed by atoms with Crippen molar-refractivity contribution < 1.29 is 0 Å². The Morgan fingerprint density at radius 1 is 1.41 bits per heavy atom. The van der Waals surface area contributed by atoms with Gasteiger partial charge in [-0.2, -0.15) is 0 Å². The molecule has 0 aliphatic heterocycles. The minimum absolute atomic E-state index is 0.425. The topological polar surface area (TPSA) is 55.0 Å². The van der Waals surface area contributed by atoms with Gasteiger partial charge in [0, 0.05) is 31.4 Å². The Morgan fingerprint density at radius 2 is 2.18 bits per heavy atom. The Morgan fingerprint density at radius 3 is 2.82 bits per heavy atom. The van der Waals surface area contributed by atoms with Crippen LogP contribution >= 0.6 is 0 Å². The molecule has 0 bridgehead atoms. The minimum atomic E-state index is 0.425. The van der Waals surface area contributed by atoms with Crippen molar-refractivity contribution in [2.45, 2.75) is 38.6 Å². The molecule has 1 fully saturated rings. The van der Waals surface area contributed by atoms with Crippen molar-refractivity contribution in [2.24, 2.45) is 11.7 Å². The SMILES string of the molecule is CCCc1cc(N(C)CC2CC(N)C2)ncn1. The second-order valence-electron chi connectivity index (χ2n) is 5.10. The van der Waals surface area contributed by atoms with Crippen molar-refractivity contribution in [3.05, 3.63) is 18.1 Å². The van der Waals surface area contributed by atoms with Gasteiger partial charge in [-0.3, -0.25) is 0 Å². The van der Waals surface area contributed by atoms with Gasteiger partial charge in [-0.05, 0) is 25.2 Å². The summed E-state index contributed by atoms with van der Waals surface area (Å²) in [5.41, 5.74) is 6.94. The molecule has 1 heterocycles. The van der Waals surface area contributed by atoms with Crippen molar-refractivity contribution in [3.8, 4) is 0 Å². The lowest BCUT2D eigenvalue weighted by Gasteiger charge is -2.35. The van der Waals surface area contributed by atoms with Crippen molar-refractivity contribution in [1.82, 2.24) is 9.97 Å². The van der Waals surface area contributed by atoms with E-state index in [0.29, 0.717) is 6.04 Å². The Balaban J connectivity index is 1.93. The van der Waals surface area contributed by atoms with Gasteiger partial charge in [-0.1, -0.05) is 13.3 Å². The van der Waals surface area contributed by atoms with Crippen LogP contribution in [-0.2, 0) is 6.42 Å². The molecule has 0 spiro atoms. The fourth-order valence-electron chi connectivity index (χ4n) is 2.40. The number of anilines is 1. The first-order valence-electron chi connectivity index (χ1n) is 6.46. The molecular weight excluding hydrogens is 212 g/mol. The van der Waals surface area contributed by atoms with Crippen LogP contribution < -0.4 is 10.6 Å². The Hall–Kier alpha value is -1.16. The highest BCUT2D eigenvalue weighted by Crippen LogP contribution is 2.27. The van der Waals surface area contributed by atoms with Gasteiger partial charge in [-0.15, -0.1) is 0 Å². The van der Waals surface area contributed by atoms with E-state index in [1.54, 1.807) is 6.33 Å². The second-order valence-corrected chi connectivity index (χ2v) is 5.10. The fourth-order valence-corrected chi connectivity index (χ4v) is 2.40. The van der Waals surface area contributed by atoms with E-state index >= 15 is 0 Å². The molecule has 4 nitrogen and oxygen atoms in total. The quantitative estimate of drug-likeness (QED) is 0.841. The normalized spacial score (nSPS) is 23.2. The monoisotopic (exact) mass is 234 g/mol. The largest absolute Gasteiger partial charge is 0.359 e. The van der Waals surface area contributed by atoms with Gasteiger partial charge in [0.1, 0.15) is 12.1 Å². The summed E-state index contributed by atoms with van der Waals surface area (Å²) in [4.78, 5) is 10.8. The molecule has 17 heavy (non-hydrogen) atoms. The predicted molar refractivity (Wildman–Crippen MR) is 70.0 cm³/mol. The molecule has 2 rings (SSSR count). The van der Waals surface area contributed by atoms with Crippen LogP contribution in [0.25, 0.3) is 0 Å². The third kappa shape index (κ3) is 3.16. The van der Waals surface area contributed by atoms with Gasteiger partial charge in [-0.25, -0.2) is 9.97 Å². The molecule has 4 heteroatoms. The maximum atomic E-state index is 5.80. The van der Waals surface area contributed by atoms with Crippen LogP contribution in [0.4, 0.5) is 5.82 Å². The molecule has 0 radical (unpaired) electrons. The first kappa shape index (κ1) is 12.3. The van der Waals surface area contributed by atoms with Crippen molar-refractivity contribution in [3.63, 3.8) is 0 Å². The molecule has 0 aromatic carbocycles. The summed E-state index contributed by atoms with van der Waals surface area (Å²) in [6.45, 7) is 3.22. The first-order valence-corrected chi connectivity index (χ1v) is 6.46. The van der Waals surface area contributed by atoms with E-state index in [-0.39, 0.29) is 0 Å². The molecule has 1 aliphatic rings. The molecule has 1 aromatic rings. The van der Waals surface area contributed by atoms with E-state index in [0.717, 1.165) is 49.7 Å². The first-order chi connectivity index (χ1) is 8.19. The van der Waals surface area contributed by atoms with Crippen LogP contribution in [-0.4, -0.2) is 29.6 Å². The van der Waals surface area contributed by atoms with Gasteiger partial charge in [0.2, 0.25) is 0 Å². The average Bonchev–Trinajstić information content (AvgIpc) is 2.28. The molecule has 2 N–H and O–H groups in total. The third-order valence-corrected chi connectivity index (χ3v) is 3.41. The zero-order chi connectivity index (χ0) is 12.3. The number of hydrogen-bond donors (Lipinski definition) is 1. The van der Waals surface area contributed by atoms with Crippen LogP contribution in [0.3, 0.4) is 0 Å². The molecular formula is C13H22N4. The lowest BCUT2D eigenvalue weighted by Crippen LogP contribution is -2.42. The highest BCUT2D eigenvalue weighted by atomic mass is 15.2. The predicted octanol–water partition coefficient (Wildman–Crippen LogP) is 1.60. The molecule has 0 unspecified atom stereocenters. The number of nitrogens with zero attached hydrogens (tertiary/aromatic N) is 3. The zero-order valence-electron chi connectivity index (χ0n) is 10.8. The van der Waals surface area contributed by atoms with E-state index in [2.05, 4.69) is 34.9 Å². The number of nitrogens with two attached hydrogens (primary N) is 1. The lowest BCUT2D eigenvalue weighted by molar-refractivity contribution is 0.270. The van der Waals surface area contributed by atoms with Crippen molar-refractivity contribution >= 4 is 5.82 Å². The summed E-state index contributed by atoms with van der Waals surface area (Å²) in [7, 11) is 2.10. The maximum Gasteiger partial charge on any atom is 0.131 e. The van der Waals surface area contributed by atoms with Gasteiger partial charge in [0.25, 0.3) is 0 Å². The van der Waals surface area contributed by atoms with E-state index in [1.807, 2.05) is 0 Å². The minimum Gasteiger partial charge on any atom is -0.359 e. The number of rotatable bonds is 5. The highest BCUT2D eigenvalue weighted by molar-refractivity contribution is 5.38. The van der Waals surface area contributed by atoms with Crippen LogP contribution in [0.1, 0.15) is 31.9 Å². The summed E-state index contributed by atoms with van der Waals surface area (Å²) >= 11 is 0. The molecule has 0 atom stereocenters. The Labute approximate surface area is 103 Å². The van der Waals surface area contributed by atoms with Crippen LogP contribution in [0.2, 0.25) is 0 Å². The van der Waals surface area contributed by atoms with E-state index in [1.165, 1.54) is 0 Å².